The van der Waals surface area contributed by atoms with Gasteiger partial charge < -0.3 is 15.5 Å². The summed E-state index contributed by atoms with van der Waals surface area (Å²) in [5.74, 6) is 0.821. The molecule has 5 heteroatoms. The Kier molecular flexibility index (Phi) is 6.67. The Bertz CT molecular complexity index is 608. The molecule has 26 heavy (non-hydrogen) atoms. The highest BCUT2D eigenvalue weighted by atomic mass is 16.2. The molecule has 1 unspecified atom stereocenters. The van der Waals surface area contributed by atoms with Crippen LogP contribution in [-0.4, -0.2) is 42.4 Å². The van der Waals surface area contributed by atoms with Gasteiger partial charge in [-0.3, -0.25) is 9.59 Å². The maximum atomic E-state index is 12.7. The first-order chi connectivity index (χ1) is 12.6. The monoisotopic (exact) mass is 357 g/mol. The molecule has 0 spiro atoms. The Morgan fingerprint density at radius 1 is 1.12 bits per heavy atom. The van der Waals surface area contributed by atoms with Gasteiger partial charge in [0.25, 0.3) is 5.91 Å². The maximum absolute atomic E-state index is 12.7. The van der Waals surface area contributed by atoms with E-state index in [1.54, 1.807) is 0 Å². The van der Waals surface area contributed by atoms with E-state index in [-0.39, 0.29) is 11.8 Å². The Morgan fingerprint density at radius 3 is 2.54 bits per heavy atom. The lowest BCUT2D eigenvalue weighted by atomic mass is 9.93. The van der Waals surface area contributed by atoms with Gasteiger partial charge >= 0.3 is 0 Å². The smallest absolute Gasteiger partial charge is 0.254 e. The highest BCUT2D eigenvalue weighted by molar-refractivity contribution is 5.96. The van der Waals surface area contributed by atoms with Crippen LogP contribution in [0.15, 0.2) is 24.3 Å². The highest BCUT2D eigenvalue weighted by Crippen LogP contribution is 2.21. The van der Waals surface area contributed by atoms with Crippen molar-refractivity contribution in [1.82, 2.24) is 10.2 Å². The van der Waals surface area contributed by atoms with Crippen molar-refractivity contribution in [1.29, 1.82) is 0 Å². The molecule has 2 N–H and O–H groups in total. The molecular formula is C21H31N3O2. The number of hydrogen-bond donors (Lipinski definition) is 2. The normalized spacial score (nSPS) is 21.4. The number of carbonyl (C=O) groups is 2. The first-order valence-corrected chi connectivity index (χ1v) is 10.0. The Labute approximate surface area is 156 Å². The number of piperidine rings is 2. The minimum absolute atomic E-state index is 0.0623. The van der Waals surface area contributed by atoms with E-state index in [2.05, 4.69) is 17.6 Å². The Morgan fingerprint density at radius 2 is 1.85 bits per heavy atom. The van der Waals surface area contributed by atoms with E-state index < -0.39 is 0 Å². The second-order valence-corrected chi connectivity index (χ2v) is 7.70. The van der Waals surface area contributed by atoms with Gasteiger partial charge in [0.1, 0.15) is 0 Å². The molecule has 2 fully saturated rings. The third kappa shape index (κ3) is 5.07. The van der Waals surface area contributed by atoms with E-state index in [1.165, 1.54) is 19.3 Å². The first-order valence-electron chi connectivity index (χ1n) is 10.0. The van der Waals surface area contributed by atoms with E-state index in [1.807, 2.05) is 29.2 Å². The summed E-state index contributed by atoms with van der Waals surface area (Å²) in [4.78, 5) is 26.8. The Balaban J connectivity index is 1.49. The van der Waals surface area contributed by atoms with Gasteiger partial charge in [-0.05, 0) is 88.7 Å². The van der Waals surface area contributed by atoms with Crippen LogP contribution in [0.3, 0.4) is 0 Å². The molecule has 5 nitrogen and oxygen atoms in total. The van der Waals surface area contributed by atoms with Crippen LogP contribution in [-0.2, 0) is 4.79 Å². The van der Waals surface area contributed by atoms with Crippen LogP contribution >= 0.6 is 0 Å². The van der Waals surface area contributed by atoms with Gasteiger partial charge in [-0.15, -0.1) is 0 Å². The van der Waals surface area contributed by atoms with Gasteiger partial charge in [0.2, 0.25) is 5.91 Å². The number of anilines is 1. The SMILES string of the molecule is CC1CCCCN1C(=O)c1ccc(NC(=O)CCC2CCNCC2)cc1. The predicted octanol–water partition coefficient (Wildman–Crippen LogP) is 3.42. The van der Waals surface area contributed by atoms with Crippen LogP contribution in [0.2, 0.25) is 0 Å². The van der Waals surface area contributed by atoms with Gasteiger partial charge in [0, 0.05) is 30.3 Å². The molecule has 0 aromatic heterocycles. The van der Waals surface area contributed by atoms with Crippen molar-refractivity contribution in [3.05, 3.63) is 29.8 Å². The lowest BCUT2D eigenvalue weighted by Gasteiger charge is -2.33. The van der Waals surface area contributed by atoms with Gasteiger partial charge in [-0.1, -0.05) is 0 Å². The van der Waals surface area contributed by atoms with Crippen molar-refractivity contribution in [2.24, 2.45) is 5.92 Å². The van der Waals surface area contributed by atoms with E-state index >= 15 is 0 Å². The summed E-state index contributed by atoms with van der Waals surface area (Å²) in [6.07, 6.45) is 7.22. The van der Waals surface area contributed by atoms with Crippen molar-refractivity contribution in [2.75, 3.05) is 25.0 Å². The van der Waals surface area contributed by atoms with Gasteiger partial charge in [0.05, 0.1) is 0 Å². The third-order valence-corrected chi connectivity index (χ3v) is 5.72. The van der Waals surface area contributed by atoms with Gasteiger partial charge in [-0.25, -0.2) is 0 Å². The fraction of sp³-hybridized carbons (Fsp3) is 0.619. The summed E-state index contributed by atoms with van der Waals surface area (Å²) in [7, 11) is 0. The second-order valence-electron chi connectivity index (χ2n) is 7.70. The highest BCUT2D eigenvalue weighted by Gasteiger charge is 2.24. The Hall–Kier alpha value is -1.88. The molecule has 0 aliphatic carbocycles. The average molecular weight is 357 g/mol. The number of benzene rings is 1. The van der Waals surface area contributed by atoms with Crippen molar-refractivity contribution >= 4 is 17.5 Å². The number of nitrogens with zero attached hydrogens (tertiary/aromatic N) is 1. The molecule has 3 rings (SSSR count). The molecule has 2 amide bonds. The predicted molar refractivity (Wildman–Crippen MR) is 104 cm³/mol. The van der Waals surface area contributed by atoms with Crippen LogP contribution in [0.25, 0.3) is 0 Å². The summed E-state index contributed by atoms with van der Waals surface area (Å²) < 4.78 is 0. The van der Waals surface area contributed by atoms with Gasteiger partial charge in [0.15, 0.2) is 0 Å². The summed E-state index contributed by atoms with van der Waals surface area (Å²) in [5, 5.41) is 6.31. The lowest BCUT2D eigenvalue weighted by Crippen LogP contribution is -2.42. The third-order valence-electron chi connectivity index (χ3n) is 5.72. The summed E-state index contributed by atoms with van der Waals surface area (Å²) >= 11 is 0. The van der Waals surface area contributed by atoms with Gasteiger partial charge in [-0.2, -0.15) is 0 Å². The quantitative estimate of drug-likeness (QED) is 0.849. The van der Waals surface area contributed by atoms with Crippen molar-refractivity contribution in [3.8, 4) is 0 Å². The average Bonchev–Trinajstić information content (AvgIpc) is 2.68. The molecule has 2 saturated heterocycles. The molecule has 0 bridgehead atoms. The fourth-order valence-electron chi connectivity index (χ4n) is 3.99. The minimum atomic E-state index is 0.0623. The molecular weight excluding hydrogens is 326 g/mol. The lowest BCUT2D eigenvalue weighted by molar-refractivity contribution is -0.116. The van der Waals surface area contributed by atoms with E-state index in [0.29, 0.717) is 23.9 Å². The molecule has 1 atom stereocenters. The number of rotatable bonds is 5. The summed E-state index contributed by atoms with van der Waals surface area (Å²) in [6, 6.07) is 7.64. The van der Waals surface area contributed by atoms with Crippen LogP contribution < -0.4 is 10.6 Å². The van der Waals surface area contributed by atoms with E-state index in [0.717, 1.165) is 44.6 Å². The minimum Gasteiger partial charge on any atom is -0.336 e. The largest absolute Gasteiger partial charge is 0.336 e. The van der Waals surface area contributed by atoms with Crippen molar-refractivity contribution in [2.45, 2.75) is 57.9 Å². The van der Waals surface area contributed by atoms with E-state index in [4.69, 9.17) is 0 Å². The molecule has 0 radical (unpaired) electrons. The molecule has 1 aromatic rings. The number of hydrogen-bond acceptors (Lipinski definition) is 3. The van der Waals surface area contributed by atoms with Crippen LogP contribution in [0.1, 0.15) is 62.2 Å². The molecule has 2 heterocycles. The zero-order valence-corrected chi connectivity index (χ0v) is 15.8. The summed E-state index contributed by atoms with van der Waals surface area (Å²) in [6.45, 7) is 5.10. The topological polar surface area (TPSA) is 61.4 Å². The zero-order valence-electron chi connectivity index (χ0n) is 15.8. The molecule has 142 valence electrons. The second kappa shape index (κ2) is 9.17. The van der Waals surface area contributed by atoms with Crippen LogP contribution in [0.5, 0.6) is 0 Å². The molecule has 0 saturated carbocycles. The van der Waals surface area contributed by atoms with Crippen molar-refractivity contribution < 1.29 is 9.59 Å². The first kappa shape index (κ1) is 18.9. The number of carbonyl (C=O) groups excluding carboxylic acids is 2. The standard InChI is InChI=1S/C21H31N3O2/c1-16-4-2-3-15-24(16)21(26)18-6-8-19(9-7-18)23-20(25)10-5-17-11-13-22-14-12-17/h6-9,16-17,22H,2-5,10-15H2,1H3,(H,23,25). The molecule has 1 aromatic carbocycles. The van der Waals surface area contributed by atoms with Crippen LogP contribution in [0, 0.1) is 5.92 Å². The van der Waals surface area contributed by atoms with E-state index in [9.17, 15) is 9.59 Å². The summed E-state index contributed by atoms with van der Waals surface area (Å²) in [5.41, 5.74) is 1.47. The maximum Gasteiger partial charge on any atom is 0.254 e. The van der Waals surface area contributed by atoms with Crippen LogP contribution in [0.4, 0.5) is 5.69 Å². The molecule has 2 aliphatic heterocycles. The van der Waals surface area contributed by atoms with Crippen molar-refractivity contribution in [3.63, 3.8) is 0 Å². The zero-order chi connectivity index (χ0) is 18.4. The molecule has 2 aliphatic rings. The number of nitrogens with one attached hydrogen (secondary N) is 2. The number of likely N-dealkylation sites (tertiary alicyclic amines) is 1. The fourth-order valence-corrected chi connectivity index (χ4v) is 3.99. The number of amides is 2.